The summed E-state index contributed by atoms with van der Waals surface area (Å²) in [5.74, 6) is 1.61. The zero-order valence-electron chi connectivity index (χ0n) is 19.3. The van der Waals surface area contributed by atoms with E-state index in [-0.39, 0.29) is 11.3 Å². The van der Waals surface area contributed by atoms with Gasteiger partial charge in [-0.15, -0.1) is 0 Å². The van der Waals surface area contributed by atoms with Crippen LogP contribution in [0.15, 0.2) is 11.6 Å². The molecule has 4 heteroatoms. The number of aliphatic carboxylic acids is 1. The Morgan fingerprint density at radius 3 is 2.63 bits per heavy atom. The summed E-state index contributed by atoms with van der Waals surface area (Å²) in [6.07, 6.45) is 13.8. The van der Waals surface area contributed by atoms with Gasteiger partial charge in [0.2, 0.25) is 0 Å². The SMILES string of the molecule is CC(=O)OC(C[C@@H](C)[C@H]1CC[C@H]2[C@@H]3CC=C4CCCC[C@]4(C)[C@H]3CC[C@]12C)C(=O)O. The third-order valence-electron chi connectivity index (χ3n) is 9.95. The number of hydrogen-bond donors (Lipinski definition) is 1. The molecule has 4 aliphatic carbocycles. The fourth-order valence-electron chi connectivity index (χ4n) is 8.58. The predicted octanol–water partition coefficient (Wildman–Crippen LogP) is 6.00. The topological polar surface area (TPSA) is 63.6 Å². The van der Waals surface area contributed by atoms with E-state index in [9.17, 15) is 14.7 Å². The number of esters is 1. The molecule has 3 fully saturated rings. The third-order valence-corrected chi connectivity index (χ3v) is 9.95. The molecular formula is C26H40O4. The molecule has 0 aliphatic heterocycles. The van der Waals surface area contributed by atoms with Gasteiger partial charge in [-0.1, -0.05) is 38.8 Å². The average molecular weight is 417 g/mol. The van der Waals surface area contributed by atoms with Gasteiger partial charge in [0.15, 0.2) is 6.10 Å². The van der Waals surface area contributed by atoms with Gasteiger partial charge in [-0.3, -0.25) is 4.79 Å². The maximum absolute atomic E-state index is 11.6. The van der Waals surface area contributed by atoms with E-state index >= 15 is 0 Å². The highest BCUT2D eigenvalue weighted by molar-refractivity contribution is 5.76. The van der Waals surface area contributed by atoms with Gasteiger partial charge in [0.25, 0.3) is 0 Å². The highest BCUT2D eigenvalue weighted by atomic mass is 16.6. The second-order valence-corrected chi connectivity index (χ2v) is 11.3. The Bertz CT molecular complexity index is 727. The normalized spacial score (nSPS) is 42.2. The molecule has 0 spiro atoms. The van der Waals surface area contributed by atoms with Gasteiger partial charge in [-0.05, 0) is 98.2 Å². The monoisotopic (exact) mass is 416 g/mol. The molecule has 0 amide bonds. The molecule has 0 aromatic rings. The maximum Gasteiger partial charge on any atom is 0.345 e. The number of carbonyl (C=O) groups is 2. The molecule has 0 saturated heterocycles. The lowest BCUT2D eigenvalue weighted by Crippen LogP contribution is -2.50. The molecule has 0 aromatic heterocycles. The van der Waals surface area contributed by atoms with Gasteiger partial charge in [-0.2, -0.15) is 0 Å². The van der Waals surface area contributed by atoms with Gasteiger partial charge >= 0.3 is 11.9 Å². The van der Waals surface area contributed by atoms with Crippen molar-refractivity contribution >= 4 is 11.9 Å². The molecule has 0 heterocycles. The Morgan fingerprint density at radius 2 is 1.93 bits per heavy atom. The standard InChI is InChI=1S/C26H40O4/c1-16(15-23(24(28)29)30-17(2)27)20-10-11-21-19-9-8-18-7-5-6-13-25(18,3)22(19)12-14-26(20,21)4/h8,16,19-23H,5-7,9-15H2,1-4H3,(H,28,29)/t16-,19+,20-,21+,22+,23?,25+,26-/m1/s1. The second kappa shape index (κ2) is 7.98. The summed E-state index contributed by atoms with van der Waals surface area (Å²) in [4.78, 5) is 23.0. The molecule has 4 aliphatic rings. The Labute approximate surface area is 181 Å². The number of allylic oxidation sites excluding steroid dienone is 2. The van der Waals surface area contributed by atoms with Gasteiger partial charge in [0.1, 0.15) is 0 Å². The fraction of sp³-hybridized carbons (Fsp3) is 0.846. The first-order chi connectivity index (χ1) is 14.2. The number of carboxylic acid groups (broad SMARTS) is 1. The lowest BCUT2D eigenvalue weighted by molar-refractivity contribution is -0.164. The van der Waals surface area contributed by atoms with Crippen molar-refractivity contribution in [1.82, 2.24) is 0 Å². The Kier molecular flexibility index (Phi) is 5.83. The van der Waals surface area contributed by atoms with Crippen LogP contribution in [-0.2, 0) is 14.3 Å². The van der Waals surface area contributed by atoms with Crippen molar-refractivity contribution in [3.05, 3.63) is 11.6 Å². The van der Waals surface area contributed by atoms with E-state index in [1.807, 2.05) is 0 Å². The Balaban J connectivity index is 1.52. The smallest absolute Gasteiger partial charge is 0.345 e. The van der Waals surface area contributed by atoms with E-state index in [2.05, 4.69) is 26.8 Å². The zero-order chi connectivity index (χ0) is 21.7. The molecule has 8 atom stereocenters. The number of hydrogen-bond acceptors (Lipinski definition) is 3. The Morgan fingerprint density at radius 1 is 1.17 bits per heavy atom. The molecule has 0 bridgehead atoms. The number of fused-ring (bicyclic) bond motifs is 5. The molecule has 4 nitrogen and oxygen atoms in total. The largest absolute Gasteiger partial charge is 0.479 e. The summed E-state index contributed by atoms with van der Waals surface area (Å²) in [5, 5.41) is 9.52. The molecule has 0 radical (unpaired) electrons. The summed E-state index contributed by atoms with van der Waals surface area (Å²) in [5.41, 5.74) is 2.47. The minimum absolute atomic E-state index is 0.247. The minimum Gasteiger partial charge on any atom is -0.479 e. The fourth-order valence-corrected chi connectivity index (χ4v) is 8.58. The van der Waals surface area contributed by atoms with Crippen LogP contribution < -0.4 is 0 Å². The van der Waals surface area contributed by atoms with Crippen molar-refractivity contribution < 1.29 is 19.4 Å². The second-order valence-electron chi connectivity index (χ2n) is 11.3. The number of ether oxygens (including phenoxy) is 1. The quantitative estimate of drug-likeness (QED) is 0.441. The van der Waals surface area contributed by atoms with Crippen LogP contribution in [0.25, 0.3) is 0 Å². The van der Waals surface area contributed by atoms with Crippen molar-refractivity contribution in [1.29, 1.82) is 0 Å². The van der Waals surface area contributed by atoms with Crippen LogP contribution in [0.2, 0.25) is 0 Å². The first-order valence-electron chi connectivity index (χ1n) is 12.3. The zero-order valence-corrected chi connectivity index (χ0v) is 19.3. The molecule has 168 valence electrons. The first kappa shape index (κ1) is 21.9. The number of carboxylic acids is 1. The molecule has 4 rings (SSSR count). The van der Waals surface area contributed by atoms with E-state index in [1.54, 1.807) is 5.57 Å². The van der Waals surface area contributed by atoms with E-state index in [0.717, 1.165) is 17.8 Å². The third kappa shape index (κ3) is 3.52. The average Bonchev–Trinajstić information content (AvgIpc) is 3.03. The van der Waals surface area contributed by atoms with Crippen LogP contribution in [0.5, 0.6) is 0 Å². The maximum atomic E-state index is 11.6. The summed E-state index contributed by atoms with van der Waals surface area (Å²) < 4.78 is 5.12. The van der Waals surface area contributed by atoms with Crippen molar-refractivity contribution in [3.8, 4) is 0 Å². The molecule has 0 aromatic carbocycles. The van der Waals surface area contributed by atoms with E-state index in [4.69, 9.17) is 4.74 Å². The summed E-state index contributed by atoms with van der Waals surface area (Å²) in [6, 6.07) is 0. The first-order valence-corrected chi connectivity index (χ1v) is 12.3. The summed E-state index contributed by atoms with van der Waals surface area (Å²) in [6.45, 7) is 8.53. The highest BCUT2D eigenvalue weighted by Gasteiger charge is 2.58. The minimum atomic E-state index is -1.02. The van der Waals surface area contributed by atoms with Crippen LogP contribution in [-0.4, -0.2) is 23.1 Å². The van der Waals surface area contributed by atoms with Gasteiger partial charge in [-0.25, -0.2) is 4.79 Å². The lowest BCUT2D eigenvalue weighted by Gasteiger charge is -2.58. The van der Waals surface area contributed by atoms with Crippen LogP contribution in [0.3, 0.4) is 0 Å². The molecule has 3 saturated carbocycles. The summed E-state index contributed by atoms with van der Waals surface area (Å²) >= 11 is 0. The van der Waals surface area contributed by atoms with Gasteiger partial charge < -0.3 is 9.84 Å². The van der Waals surface area contributed by atoms with Crippen LogP contribution >= 0.6 is 0 Å². The summed E-state index contributed by atoms with van der Waals surface area (Å²) in [7, 11) is 0. The van der Waals surface area contributed by atoms with E-state index < -0.39 is 18.0 Å². The van der Waals surface area contributed by atoms with Crippen molar-refractivity contribution in [3.63, 3.8) is 0 Å². The number of carbonyl (C=O) groups excluding carboxylic acids is 1. The molecular weight excluding hydrogens is 376 g/mol. The van der Waals surface area contributed by atoms with E-state index in [0.29, 0.717) is 17.8 Å². The predicted molar refractivity (Wildman–Crippen MR) is 117 cm³/mol. The number of rotatable bonds is 5. The molecule has 30 heavy (non-hydrogen) atoms. The van der Waals surface area contributed by atoms with E-state index in [1.165, 1.54) is 64.7 Å². The van der Waals surface area contributed by atoms with Crippen LogP contribution in [0.4, 0.5) is 0 Å². The van der Waals surface area contributed by atoms with Crippen LogP contribution in [0, 0.1) is 40.4 Å². The van der Waals surface area contributed by atoms with Crippen molar-refractivity contribution in [2.75, 3.05) is 0 Å². The Hall–Kier alpha value is -1.32. The van der Waals surface area contributed by atoms with Gasteiger partial charge in [0.05, 0.1) is 0 Å². The molecule has 1 unspecified atom stereocenters. The van der Waals surface area contributed by atoms with Crippen molar-refractivity contribution in [2.45, 2.75) is 98.0 Å². The lowest BCUT2D eigenvalue weighted by atomic mass is 9.47. The van der Waals surface area contributed by atoms with Gasteiger partial charge in [0, 0.05) is 6.92 Å². The van der Waals surface area contributed by atoms with Crippen LogP contribution in [0.1, 0.15) is 91.9 Å². The molecule has 1 N–H and O–H groups in total. The highest BCUT2D eigenvalue weighted by Crippen LogP contribution is 2.67. The van der Waals surface area contributed by atoms with Crippen molar-refractivity contribution in [2.24, 2.45) is 40.4 Å².